The summed E-state index contributed by atoms with van der Waals surface area (Å²) in [6, 6.07) is 4.42. The molecule has 1 amide bonds. The zero-order valence-electron chi connectivity index (χ0n) is 12.3. The quantitative estimate of drug-likeness (QED) is 0.837. The van der Waals surface area contributed by atoms with Gasteiger partial charge in [-0.15, -0.1) is 0 Å². The summed E-state index contributed by atoms with van der Waals surface area (Å²) in [5.74, 6) is 0. The average molecular weight is 271 g/mol. The number of hydrogen-bond donors (Lipinski definition) is 2. The molecule has 4 heteroatoms. The van der Waals surface area contributed by atoms with Crippen molar-refractivity contribution >= 4 is 16.9 Å². The van der Waals surface area contributed by atoms with Crippen LogP contribution >= 0.6 is 0 Å². The van der Waals surface area contributed by atoms with E-state index in [0.29, 0.717) is 0 Å². The maximum atomic E-state index is 12.5. The fourth-order valence-corrected chi connectivity index (χ4v) is 3.11. The van der Waals surface area contributed by atoms with E-state index in [0.717, 1.165) is 36.2 Å². The number of benzene rings is 1. The van der Waals surface area contributed by atoms with Crippen molar-refractivity contribution < 1.29 is 4.79 Å². The lowest BCUT2D eigenvalue weighted by Crippen LogP contribution is -2.38. The minimum atomic E-state index is -0.0227. The van der Waals surface area contributed by atoms with Gasteiger partial charge in [-0.2, -0.15) is 0 Å². The zero-order chi connectivity index (χ0) is 14.3. The van der Waals surface area contributed by atoms with Gasteiger partial charge < -0.3 is 10.6 Å². The molecule has 0 spiro atoms. The van der Waals surface area contributed by atoms with Crippen LogP contribution in [-0.2, 0) is 0 Å². The van der Waals surface area contributed by atoms with Crippen LogP contribution in [0.1, 0.15) is 23.1 Å². The maximum absolute atomic E-state index is 12.5. The van der Waals surface area contributed by atoms with Crippen molar-refractivity contribution in [3.63, 3.8) is 0 Å². The van der Waals surface area contributed by atoms with Gasteiger partial charge in [-0.25, -0.2) is 4.79 Å². The van der Waals surface area contributed by atoms with Gasteiger partial charge in [-0.1, -0.05) is 12.1 Å². The van der Waals surface area contributed by atoms with Crippen molar-refractivity contribution in [1.82, 2.24) is 15.2 Å². The van der Waals surface area contributed by atoms with Crippen molar-refractivity contribution in [2.24, 2.45) is 0 Å². The summed E-state index contributed by atoms with van der Waals surface area (Å²) < 4.78 is 1.77. The largest absolute Gasteiger partial charge is 0.333 e. The molecule has 106 valence electrons. The molecule has 3 rings (SSSR count). The second kappa shape index (κ2) is 4.94. The van der Waals surface area contributed by atoms with Crippen LogP contribution in [0.4, 0.5) is 4.79 Å². The summed E-state index contributed by atoms with van der Waals surface area (Å²) in [7, 11) is 0. The summed E-state index contributed by atoms with van der Waals surface area (Å²) in [6.45, 7) is 8.06. The van der Waals surface area contributed by atoms with Crippen LogP contribution in [0, 0.1) is 20.8 Å². The third-order valence-corrected chi connectivity index (χ3v) is 4.15. The summed E-state index contributed by atoms with van der Waals surface area (Å²) in [6.07, 6.45) is 2.95. The molecule has 0 aliphatic carbocycles. The number of hydrogen-bond acceptors (Lipinski definition) is 2. The normalized spacial score (nSPS) is 18.6. The van der Waals surface area contributed by atoms with Gasteiger partial charge in [-0.3, -0.25) is 4.57 Å². The van der Waals surface area contributed by atoms with Crippen molar-refractivity contribution in [2.75, 3.05) is 13.1 Å². The van der Waals surface area contributed by atoms with Crippen molar-refractivity contribution in [1.29, 1.82) is 0 Å². The van der Waals surface area contributed by atoms with Crippen LogP contribution in [-0.4, -0.2) is 29.7 Å². The van der Waals surface area contributed by atoms with Gasteiger partial charge in [0, 0.05) is 24.2 Å². The molecule has 0 bridgehead atoms. The molecule has 1 aliphatic heterocycles. The number of rotatable bonds is 1. The Bertz CT molecular complexity index is 666. The summed E-state index contributed by atoms with van der Waals surface area (Å²) in [4.78, 5) is 12.5. The van der Waals surface area contributed by atoms with Gasteiger partial charge in [0.25, 0.3) is 0 Å². The van der Waals surface area contributed by atoms with Crippen molar-refractivity contribution in [2.45, 2.75) is 33.2 Å². The highest BCUT2D eigenvalue weighted by Crippen LogP contribution is 2.27. The van der Waals surface area contributed by atoms with Crippen LogP contribution in [0.2, 0.25) is 0 Å². The van der Waals surface area contributed by atoms with Gasteiger partial charge in [0.15, 0.2) is 0 Å². The monoisotopic (exact) mass is 271 g/mol. The predicted octanol–water partition coefficient (Wildman–Crippen LogP) is 2.49. The Morgan fingerprint density at radius 1 is 1.25 bits per heavy atom. The van der Waals surface area contributed by atoms with E-state index in [-0.39, 0.29) is 12.1 Å². The van der Waals surface area contributed by atoms with Gasteiger partial charge >= 0.3 is 6.03 Å². The van der Waals surface area contributed by atoms with Crippen molar-refractivity contribution in [3.8, 4) is 0 Å². The Balaban J connectivity index is 2.03. The Kier molecular flexibility index (Phi) is 3.26. The highest BCUT2D eigenvalue weighted by atomic mass is 16.2. The fraction of sp³-hybridized carbons (Fsp3) is 0.438. The molecule has 0 saturated carbocycles. The van der Waals surface area contributed by atoms with Gasteiger partial charge in [-0.05, 0) is 50.4 Å². The Morgan fingerprint density at radius 2 is 2.00 bits per heavy atom. The van der Waals surface area contributed by atoms with E-state index in [1.54, 1.807) is 4.57 Å². The minimum Gasteiger partial charge on any atom is -0.333 e. The second-order valence-electron chi connectivity index (χ2n) is 5.74. The van der Waals surface area contributed by atoms with E-state index < -0.39 is 0 Å². The lowest BCUT2D eigenvalue weighted by atomic mass is 10.1. The molecule has 2 aromatic rings. The molecule has 1 atom stereocenters. The first-order valence-corrected chi connectivity index (χ1v) is 7.17. The Labute approximate surface area is 119 Å². The van der Waals surface area contributed by atoms with Crippen LogP contribution < -0.4 is 10.6 Å². The third kappa shape index (κ3) is 2.10. The average Bonchev–Trinajstić information content (AvgIpc) is 3.02. The van der Waals surface area contributed by atoms with Crippen molar-refractivity contribution in [3.05, 3.63) is 35.0 Å². The Morgan fingerprint density at radius 3 is 2.70 bits per heavy atom. The maximum Gasteiger partial charge on any atom is 0.326 e. The zero-order valence-corrected chi connectivity index (χ0v) is 12.3. The van der Waals surface area contributed by atoms with Gasteiger partial charge in [0.05, 0.1) is 5.52 Å². The van der Waals surface area contributed by atoms with E-state index in [2.05, 4.69) is 43.5 Å². The number of aromatic nitrogens is 1. The SMILES string of the molecule is Cc1ccc(C)c2c1c(C)cn2C(=O)NC1CCNC1. The smallest absolute Gasteiger partial charge is 0.326 e. The minimum absolute atomic E-state index is 0.0227. The molecule has 0 radical (unpaired) electrons. The number of carbonyl (C=O) groups excluding carboxylic acids is 1. The van der Waals surface area contributed by atoms with Crippen LogP contribution in [0.3, 0.4) is 0 Å². The topological polar surface area (TPSA) is 46.1 Å². The standard InChI is InChI=1S/C16H21N3O/c1-10-4-5-11(2)15-14(10)12(3)9-19(15)16(20)18-13-6-7-17-8-13/h4-5,9,13,17H,6-8H2,1-3H3,(H,18,20). The molecular formula is C16H21N3O. The summed E-state index contributed by atoms with van der Waals surface area (Å²) in [5.41, 5.74) is 4.54. The van der Waals surface area contributed by atoms with Crippen LogP contribution in [0.15, 0.2) is 18.3 Å². The third-order valence-electron chi connectivity index (χ3n) is 4.15. The second-order valence-corrected chi connectivity index (χ2v) is 5.74. The molecule has 1 saturated heterocycles. The van der Waals surface area contributed by atoms with Crippen LogP contribution in [0.25, 0.3) is 10.9 Å². The molecule has 20 heavy (non-hydrogen) atoms. The molecule has 1 fully saturated rings. The van der Waals surface area contributed by atoms with Crippen LogP contribution in [0.5, 0.6) is 0 Å². The molecule has 4 nitrogen and oxygen atoms in total. The number of nitrogens with zero attached hydrogens (tertiary/aromatic N) is 1. The molecule has 1 aromatic carbocycles. The first-order chi connectivity index (χ1) is 9.58. The molecular weight excluding hydrogens is 250 g/mol. The van der Waals surface area contributed by atoms with E-state index >= 15 is 0 Å². The van der Waals surface area contributed by atoms with E-state index in [9.17, 15) is 4.79 Å². The molecule has 2 N–H and O–H groups in total. The molecule has 1 unspecified atom stereocenters. The highest BCUT2D eigenvalue weighted by molar-refractivity contribution is 5.97. The lowest BCUT2D eigenvalue weighted by molar-refractivity contribution is 0.240. The molecule has 1 aromatic heterocycles. The van der Waals surface area contributed by atoms with E-state index in [1.807, 2.05) is 6.20 Å². The molecule has 1 aliphatic rings. The fourth-order valence-electron chi connectivity index (χ4n) is 3.11. The number of fused-ring (bicyclic) bond motifs is 1. The number of aryl methyl sites for hydroxylation is 3. The summed E-state index contributed by atoms with van der Waals surface area (Å²) in [5, 5.41) is 7.58. The predicted molar refractivity (Wildman–Crippen MR) is 81.4 cm³/mol. The summed E-state index contributed by atoms with van der Waals surface area (Å²) >= 11 is 0. The number of carbonyl (C=O) groups is 1. The Hall–Kier alpha value is -1.81. The highest BCUT2D eigenvalue weighted by Gasteiger charge is 2.20. The first kappa shape index (κ1) is 13.2. The molecule has 2 heterocycles. The first-order valence-electron chi connectivity index (χ1n) is 7.17. The van der Waals surface area contributed by atoms with E-state index in [4.69, 9.17) is 0 Å². The number of amides is 1. The van der Waals surface area contributed by atoms with Gasteiger partial charge in [0.1, 0.15) is 0 Å². The van der Waals surface area contributed by atoms with Gasteiger partial charge in [0.2, 0.25) is 0 Å². The lowest BCUT2D eigenvalue weighted by Gasteiger charge is -2.13. The number of nitrogens with one attached hydrogen (secondary N) is 2. The van der Waals surface area contributed by atoms with E-state index in [1.165, 1.54) is 10.9 Å².